The predicted molar refractivity (Wildman–Crippen MR) is 43.3 cm³/mol. The highest BCUT2D eigenvalue weighted by Crippen LogP contribution is 1.93. The van der Waals surface area contributed by atoms with Crippen molar-refractivity contribution >= 4 is 0 Å². The smallest absolute Gasteiger partial charge is 0.321 e. The number of halogens is 2. The van der Waals surface area contributed by atoms with Gasteiger partial charge in [-0.05, 0) is 0 Å². The molecule has 0 aliphatic carbocycles. The summed E-state index contributed by atoms with van der Waals surface area (Å²) < 4.78 is 28.1. The predicted octanol–water partition coefficient (Wildman–Crippen LogP) is -0.224. The van der Waals surface area contributed by atoms with Crippen molar-refractivity contribution in [2.75, 3.05) is 6.61 Å². The van der Waals surface area contributed by atoms with Crippen LogP contribution in [0.5, 0.6) is 0 Å². The molecular formula is C7H8F2N2O3. The van der Waals surface area contributed by atoms with Crippen LogP contribution in [0.15, 0.2) is 21.9 Å². The number of alkyl halides is 2. The lowest BCUT2D eigenvalue weighted by atomic mass is 10.6. The van der Waals surface area contributed by atoms with Crippen molar-refractivity contribution in [3.63, 3.8) is 0 Å². The topological polar surface area (TPSA) is 64.1 Å². The fourth-order valence-corrected chi connectivity index (χ4v) is 0.860. The van der Waals surface area contributed by atoms with Gasteiger partial charge in [-0.25, -0.2) is 4.79 Å². The Hall–Kier alpha value is -1.50. The fraction of sp³-hybridized carbons (Fsp3) is 0.429. The largest absolute Gasteiger partial charge is 0.345 e. The van der Waals surface area contributed by atoms with Gasteiger partial charge in [-0.15, -0.1) is 0 Å². The molecule has 1 rings (SSSR count). The number of ether oxygens (including phenoxy) is 1. The Labute approximate surface area is 76.9 Å². The van der Waals surface area contributed by atoms with Gasteiger partial charge in [-0.2, -0.15) is 8.78 Å². The van der Waals surface area contributed by atoms with E-state index >= 15 is 0 Å². The number of hydrogen-bond donors (Lipinski definition) is 1. The standard InChI is InChI=1S/C7H8F2N2O3/c8-6(9)14-4-3-11-2-1-5(12)10-7(11)13/h1-2,6H,3-4H2,(H,10,12,13). The zero-order valence-electron chi connectivity index (χ0n) is 7.07. The Morgan fingerprint density at radius 3 is 2.79 bits per heavy atom. The van der Waals surface area contributed by atoms with Crippen molar-refractivity contribution in [1.29, 1.82) is 0 Å². The van der Waals surface area contributed by atoms with E-state index < -0.39 is 17.9 Å². The third kappa shape index (κ3) is 3.09. The third-order valence-electron chi connectivity index (χ3n) is 1.47. The average Bonchev–Trinajstić information content (AvgIpc) is 2.08. The number of H-pyrrole nitrogens is 1. The molecule has 5 nitrogen and oxygen atoms in total. The summed E-state index contributed by atoms with van der Waals surface area (Å²) in [5, 5.41) is 0. The van der Waals surface area contributed by atoms with Crippen LogP contribution in [0.25, 0.3) is 0 Å². The molecule has 0 bridgehead atoms. The Bertz CT molecular complexity index is 398. The summed E-state index contributed by atoms with van der Waals surface area (Å²) in [4.78, 5) is 23.6. The first-order chi connectivity index (χ1) is 6.59. The fourth-order valence-electron chi connectivity index (χ4n) is 0.860. The molecule has 0 spiro atoms. The number of aromatic nitrogens is 2. The highest BCUT2D eigenvalue weighted by atomic mass is 19.3. The lowest BCUT2D eigenvalue weighted by Crippen LogP contribution is -2.30. The second-order valence-electron chi connectivity index (χ2n) is 2.43. The van der Waals surface area contributed by atoms with Gasteiger partial charge in [-0.3, -0.25) is 14.3 Å². The summed E-state index contributed by atoms with van der Waals surface area (Å²) in [5.41, 5.74) is -1.17. The van der Waals surface area contributed by atoms with Crippen LogP contribution in [-0.2, 0) is 11.3 Å². The van der Waals surface area contributed by atoms with Gasteiger partial charge in [-0.1, -0.05) is 0 Å². The Kier molecular flexibility index (Phi) is 3.52. The third-order valence-corrected chi connectivity index (χ3v) is 1.47. The molecule has 14 heavy (non-hydrogen) atoms. The first kappa shape index (κ1) is 10.6. The van der Waals surface area contributed by atoms with Gasteiger partial charge in [0.15, 0.2) is 0 Å². The van der Waals surface area contributed by atoms with Crippen LogP contribution in [0.1, 0.15) is 0 Å². The number of hydrogen-bond acceptors (Lipinski definition) is 3. The Balaban J connectivity index is 2.60. The van der Waals surface area contributed by atoms with E-state index in [1.54, 1.807) is 0 Å². The summed E-state index contributed by atoms with van der Waals surface area (Å²) in [5.74, 6) is 0. The molecule has 0 saturated heterocycles. The van der Waals surface area contributed by atoms with E-state index in [1.807, 2.05) is 4.98 Å². The van der Waals surface area contributed by atoms with E-state index in [9.17, 15) is 18.4 Å². The molecule has 1 N–H and O–H groups in total. The highest BCUT2D eigenvalue weighted by molar-refractivity contribution is 4.82. The molecule has 0 radical (unpaired) electrons. The summed E-state index contributed by atoms with van der Waals surface area (Å²) in [6, 6.07) is 1.13. The van der Waals surface area contributed by atoms with Crippen molar-refractivity contribution in [2.45, 2.75) is 13.2 Å². The highest BCUT2D eigenvalue weighted by Gasteiger charge is 2.01. The first-order valence-electron chi connectivity index (χ1n) is 3.79. The molecule has 0 amide bonds. The van der Waals surface area contributed by atoms with Crippen molar-refractivity contribution in [2.24, 2.45) is 0 Å². The zero-order chi connectivity index (χ0) is 10.6. The van der Waals surface area contributed by atoms with Crippen molar-refractivity contribution in [1.82, 2.24) is 9.55 Å². The summed E-state index contributed by atoms with van der Waals surface area (Å²) in [6.07, 6.45) is 1.22. The van der Waals surface area contributed by atoms with Gasteiger partial charge in [0.05, 0.1) is 13.2 Å². The second kappa shape index (κ2) is 4.66. The minimum Gasteiger partial charge on any atom is -0.321 e. The Morgan fingerprint density at radius 2 is 2.21 bits per heavy atom. The molecule has 1 aromatic rings. The van der Waals surface area contributed by atoms with Crippen molar-refractivity contribution < 1.29 is 13.5 Å². The first-order valence-corrected chi connectivity index (χ1v) is 3.79. The van der Waals surface area contributed by atoms with E-state index in [0.717, 1.165) is 10.6 Å². The average molecular weight is 206 g/mol. The quantitative estimate of drug-likeness (QED) is 0.740. The van der Waals surface area contributed by atoms with Crippen LogP contribution in [-0.4, -0.2) is 22.8 Å². The number of nitrogens with one attached hydrogen (secondary N) is 1. The summed E-state index contributed by atoms with van der Waals surface area (Å²) in [6.45, 7) is -3.17. The van der Waals surface area contributed by atoms with Gasteiger partial charge in [0.25, 0.3) is 5.56 Å². The molecule has 0 saturated carbocycles. The van der Waals surface area contributed by atoms with Gasteiger partial charge < -0.3 is 4.74 Å². The lowest BCUT2D eigenvalue weighted by molar-refractivity contribution is -0.130. The lowest BCUT2D eigenvalue weighted by Gasteiger charge is -2.04. The van der Waals surface area contributed by atoms with Crippen molar-refractivity contribution in [3.05, 3.63) is 33.1 Å². The van der Waals surface area contributed by atoms with E-state index in [2.05, 4.69) is 4.74 Å². The number of aromatic amines is 1. The normalized spacial score (nSPS) is 10.8. The van der Waals surface area contributed by atoms with Crippen LogP contribution in [0, 0.1) is 0 Å². The van der Waals surface area contributed by atoms with Crippen LogP contribution in [0.4, 0.5) is 8.78 Å². The van der Waals surface area contributed by atoms with Crippen molar-refractivity contribution in [3.8, 4) is 0 Å². The molecule has 0 aromatic carbocycles. The minimum absolute atomic E-state index is 0.0278. The molecule has 7 heteroatoms. The molecule has 1 heterocycles. The van der Waals surface area contributed by atoms with Gasteiger partial charge in [0.2, 0.25) is 0 Å². The summed E-state index contributed by atoms with van der Waals surface area (Å²) in [7, 11) is 0. The molecule has 0 aliphatic rings. The van der Waals surface area contributed by atoms with Gasteiger partial charge in [0.1, 0.15) is 0 Å². The second-order valence-corrected chi connectivity index (χ2v) is 2.43. The number of rotatable bonds is 4. The van der Waals surface area contributed by atoms with E-state index in [0.29, 0.717) is 0 Å². The van der Waals surface area contributed by atoms with E-state index in [-0.39, 0.29) is 13.2 Å². The molecule has 0 fully saturated rings. The van der Waals surface area contributed by atoms with Crippen LogP contribution in [0.3, 0.4) is 0 Å². The van der Waals surface area contributed by atoms with E-state index in [1.165, 1.54) is 6.20 Å². The molecular weight excluding hydrogens is 198 g/mol. The van der Waals surface area contributed by atoms with Crippen LogP contribution in [0.2, 0.25) is 0 Å². The maximum atomic E-state index is 11.5. The zero-order valence-corrected chi connectivity index (χ0v) is 7.07. The number of nitrogens with zero attached hydrogens (tertiary/aromatic N) is 1. The minimum atomic E-state index is -2.85. The maximum absolute atomic E-state index is 11.5. The molecule has 0 unspecified atom stereocenters. The van der Waals surface area contributed by atoms with E-state index in [4.69, 9.17) is 0 Å². The monoisotopic (exact) mass is 206 g/mol. The van der Waals surface area contributed by atoms with Gasteiger partial charge >= 0.3 is 12.3 Å². The van der Waals surface area contributed by atoms with Gasteiger partial charge in [0, 0.05) is 12.3 Å². The summed E-state index contributed by atoms with van der Waals surface area (Å²) >= 11 is 0. The molecule has 1 aromatic heterocycles. The molecule has 0 atom stereocenters. The SMILES string of the molecule is O=c1ccn(CCOC(F)F)c(=O)[nH]1. The van der Waals surface area contributed by atoms with Crippen LogP contribution >= 0.6 is 0 Å². The molecule has 0 aliphatic heterocycles. The van der Waals surface area contributed by atoms with Crippen LogP contribution < -0.4 is 11.2 Å². The maximum Gasteiger partial charge on any atom is 0.345 e. The molecule has 78 valence electrons. The Morgan fingerprint density at radius 1 is 1.50 bits per heavy atom.